The first-order valence-electron chi connectivity index (χ1n) is 8.81. The molecule has 1 aliphatic heterocycles. The molecule has 0 fully saturated rings. The second-order valence-corrected chi connectivity index (χ2v) is 6.98. The quantitative estimate of drug-likeness (QED) is 0.429. The first-order chi connectivity index (χ1) is 14.2. The first kappa shape index (κ1) is 21.8. The number of amidine groups is 1. The van der Waals surface area contributed by atoms with Crippen LogP contribution in [-0.4, -0.2) is 37.1 Å². The molecule has 1 heterocycles. The lowest BCUT2D eigenvalue weighted by molar-refractivity contribution is -0.137. The molecule has 1 amide bonds. The van der Waals surface area contributed by atoms with Gasteiger partial charge in [-0.1, -0.05) is 29.8 Å². The number of fused-ring (bicyclic) bond motifs is 1. The molecule has 1 N–H and O–H groups in total. The molecule has 1 aliphatic rings. The van der Waals surface area contributed by atoms with E-state index < -0.39 is 17.6 Å². The van der Waals surface area contributed by atoms with Crippen molar-refractivity contribution in [2.75, 3.05) is 18.9 Å². The number of ether oxygens (including phenoxy) is 1. The van der Waals surface area contributed by atoms with E-state index in [2.05, 4.69) is 22.1 Å². The molecular formula is C20H18ClF3N4O2. The summed E-state index contributed by atoms with van der Waals surface area (Å²) in [5.74, 6) is -0.173. The molecule has 6 nitrogen and oxygen atoms in total. The van der Waals surface area contributed by atoms with Gasteiger partial charge in [-0.25, -0.2) is 4.99 Å². The van der Waals surface area contributed by atoms with Crippen molar-refractivity contribution in [3.63, 3.8) is 0 Å². The summed E-state index contributed by atoms with van der Waals surface area (Å²) in [7, 11) is 1.57. The van der Waals surface area contributed by atoms with Gasteiger partial charge < -0.3 is 10.1 Å². The molecule has 0 unspecified atom stereocenters. The van der Waals surface area contributed by atoms with E-state index in [0.717, 1.165) is 34.9 Å². The highest BCUT2D eigenvalue weighted by Crippen LogP contribution is 2.33. The highest BCUT2D eigenvalue weighted by molar-refractivity contribution is 6.33. The number of likely N-dealkylation sites (N-methyl/N-ethyl adjacent to an activating group) is 1. The lowest BCUT2D eigenvalue weighted by atomic mass is 10.0. The third-order valence-electron chi connectivity index (χ3n) is 4.38. The Bertz CT molecular complexity index is 1010. The van der Waals surface area contributed by atoms with E-state index in [1.54, 1.807) is 7.05 Å². The third kappa shape index (κ3) is 4.98. The van der Waals surface area contributed by atoms with Crippen molar-refractivity contribution >= 4 is 35.7 Å². The van der Waals surface area contributed by atoms with Crippen LogP contribution >= 0.6 is 11.6 Å². The molecule has 0 bridgehead atoms. The summed E-state index contributed by atoms with van der Waals surface area (Å²) in [4.78, 5) is 16.2. The fourth-order valence-corrected chi connectivity index (χ4v) is 3.20. The van der Waals surface area contributed by atoms with Crippen molar-refractivity contribution in [2.24, 2.45) is 10.1 Å². The Morgan fingerprint density at radius 2 is 2.07 bits per heavy atom. The number of nitrogens with zero attached hydrogens (tertiary/aromatic N) is 3. The Balaban J connectivity index is 1.70. The van der Waals surface area contributed by atoms with Crippen LogP contribution in [0.2, 0.25) is 5.02 Å². The van der Waals surface area contributed by atoms with Crippen molar-refractivity contribution in [3.05, 3.63) is 63.7 Å². The molecule has 0 saturated carbocycles. The van der Waals surface area contributed by atoms with Gasteiger partial charge in [0.25, 0.3) is 0 Å². The van der Waals surface area contributed by atoms with Crippen molar-refractivity contribution < 1.29 is 22.7 Å². The summed E-state index contributed by atoms with van der Waals surface area (Å²) in [5.41, 5.74) is 1.96. The topological polar surface area (TPSA) is 66.3 Å². The number of hydrogen-bond acceptors (Lipinski definition) is 4. The van der Waals surface area contributed by atoms with Crippen LogP contribution in [0.1, 0.15) is 22.3 Å². The van der Waals surface area contributed by atoms with Crippen molar-refractivity contribution in [1.29, 1.82) is 0 Å². The van der Waals surface area contributed by atoms with E-state index in [-0.39, 0.29) is 17.3 Å². The lowest BCUT2D eigenvalue weighted by Crippen LogP contribution is -2.28. The van der Waals surface area contributed by atoms with Crippen LogP contribution in [0.25, 0.3) is 0 Å². The van der Waals surface area contributed by atoms with Gasteiger partial charge in [0, 0.05) is 12.6 Å². The Kier molecular flexibility index (Phi) is 6.42. The maximum atomic E-state index is 12.7. The minimum atomic E-state index is -4.52. The number of benzene rings is 2. The number of alkyl halides is 3. The van der Waals surface area contributed by atoms with Gasteiger partial charge in [-0.3, -0.25) is 9.80 Å². The highest BCUT2D eigenvalue weighted by atomic mass is 35.5. The number of anilines is 1. The summed E-state index contributed by atoms with van der Waals surface area (Å²) >= 11 is 5.87. The zero-order valence-corrected chi connectivity index (χ0v) is 16.7. The Hall–Kier alpha value is -2.91. The monoisotopic (exact) mass is 438 g/mol. The fourth-order valence-electron chi connectivity index (χ4n) is 2.97. The van der Waals surface area contributed by atoms with Crippen LogP contribution in [0.5, 0.6) is 0 Å². The van der Waals surface area contributed by atoms with Crippen LogP contribution in [0.15, 0.2) is 46.5 Å². The normalized spacial score (nSPS) is 13.7. The second kappa shape index (κ2) is 8.85. The predicted octanol–water partition coefficient (Wildman–Crippen LogP) is 4.32. The molecule has 158 valence electrons. The average molecular weight is 439 g/mol. The zero-order valence-electron chi connectivity index (χ0n) is 16.0. The molecule has 0 radical (unpaired) electrons. The summed E-state index contributed by atoms with van der Waals surface area (Å²) < 4.78 is 43.6. The number of hydrazone groups is 1. The standard InChI is InChI=1S/C20H18ClF3N4O2/c1-25-19(14-5-3-4-12-10-30-11-15(12)14)27-28(2)9-18(29)26-17-7-6-13(8-16(17)21)20(22,23)24/h3-8H,1,9-11H2,2H3,(H,26,29)/b27-19-. The first-order valence-corrected chi connectivity index (χ1v) is 9.18. The molecule has 0 saturated heterocycles. The van der Waals surface area contributed by atoms with Crippen LogP contribution < -0.4 is 5.32 Å². The smallest absolute Gasteiger partial charge is 0.372 e. The van der Waals surface area contributed by atoms with Gasteiger partial charge in [-0.15, -0.1) is 0 Å². The number of amides is 1. The van der Waals surface area contributed by atoms with Gasteiger partial charge in [-0.2, -0.15) is 18.3 Å². The fraction of sp³-hybridized carbons (Fsp3) is 0.250. The maximum Gasteiger partial charge on any atom is 0.416 e. The van der Waals surface area contributed by atoms with E-state index in [1.165, 1.54) is 5.01 Å². The summed E-state index contributed by atoms with van der Waals surface area (Å²) in [6.07, 6.45) is -4.52. The van der Waals surface area contributed by atoms with Gasteiger partial charge >= 0.3 is 6.18 Å². The Labute approximate surface area is 176 Å². The number of hydrogen-bond donors (Lipinski definition) is 1. The number of aliphatic imine (C=N–C) groups is 1. The Morgan fingerprint density at radius 1 is 1.30 bits per heavy atom. The number of carbonyl (C=O) groups is 1. The molecule has 0 atom stereocenters. The molecule has 3 rings (SSSR count). The van der Waals surface area contributed by atoms with Crippen molar-refractivity contribution in [2.45, 2.75) is 19.4 Å². The highest BCUT2D eigenvalue weighted by Gasteiger charge is 2.31. The lowest BCUT2D eigenvalue weighted by Gasteiger charge is -2.16. The number of rotatable bonds is 5. The van der Waals surface area contributed by atoms with Crippen LogP contribution in [-0.2, 0) is 28.9 Å². The SMILES string of the molecule is C=N/C(=N\N(C)CC(=O)Nc1ccc(C(F)(F)F)cc1Cl)c1cccc2c1COC2. The van der Waals surface area contributed by atoms with E-state index in [1.807, 2.05) is 18.2 Å². The van der Waals surface area contributed by atoms with Crippen LogP contribution in [0, 0.1) is 0 Å². The van der Waals surface area contributed by atoms with Crippen molar-refractivity contribution in [3.8, 4) is 0 Å². The number of carbonyl (C=O) groups excluding carboxylic acids is 1. The van der Waals surface area contributed by atoms with Gasteiger partial charge in [0.15, 0.2) is 5.84 Å². The van der Waals surface area contributed by atoms with E-state index in [0.29, 0.717) is 19.0 Å². The van der Waals surface area contributed by atoms with Gasteiger partial charge in [0.1, 0.15) is 6.54 Å². The molecule has 2 aromatic rings. The number of nitrogens with one attached hydrogen (secondary N) is 1. The largest absolute Gasteiger partial charge is 0.416 e. The molecule has 10 heteroatoms. The van der Waals surface area contributed by atoms with Crippen LogP contribution in [0.4, 0.5) is 18.9 Å². The van der Waals surface area contributed by atoms with Gasteiger partial charge in [-0.05, 0) is 36.0 Å². The van der Waals surface area contributed by atoms with Crippen LogP contribution in [0.3, 0.4) is 0 Å². The maximum absolute atomic E-state index is 12.7. The predicted molar refractivity (Wildman–Crippen MR) is 109 cm³/mol. The van der Waals surface area contributed by atoms with E-state index in [9.17, 15) is 18.0 Å². The molecular weight excluding hydrogens is 421 g/mol. The van der Waals surface area contributed by atoms with Crippen molar-refractivity contribution in [1.82, 2.24) is 5.01 Å². The minimum Gasteiger partial charge on any atom is -0.372 e. The molecule has 0 aliphatic carbocycles. The van der Waals surface area contributed by atoms with Gasteiger partial charge in [0.2, 0.25) is 5.91 Å². The molecule has 0 aromatic heterocycles. The zero-order chi connectivity index (χ0) is 21.9. The minimum absolute atomic E-state index is 0.0761. The molecule has 2 aromatic carbocycles. The van der Waals surface area contributed by atoms with Gasteiger partial charge in [0.05, 0.1) is 29.5 Å². The molecule has 0 spiro atoms. The summed E-state index contributed by atoms with van der Waals surface area (Å²) in [5, 5.41) is 7.94. The Morgan fingerprint density at radius 3 is 2.73 bits per heavy atom. The summed E-state index contributed by atoms with van der Waals surface area (Å²) in [6, 6.07) is 8.38. The average Bonchev–Trinajstić information content (AvgIpc) is 3.15. The second-order valence-electron chi connectivity index (χ2n) is 6.57. The van der Waals surface area contributed by atoms with E-state index in [4.69, 9.17) is 16.3 Å². The third-order valence-corrected chi connectivity index (χ3v) is 4.69. The molecule has 30 heavy (non-hydrogen) atoms. The number of halogens is 4. The van der Waals surface area contributed by atoms with E-state index >= 15 is 0 Å². The summed E-state index contributed by atoms with van der Waals surface area (Å²) in [6.45, 7) is 4.32.